The van der Waals surface area contributed by atoms with Crippen LogP contribution in [-0.4, -0.2) is 37.8 Å². The van der Waals surface area contributed by atoms with Crippen molar-refractivity contribution in [3.8, 4) is 23.1 Å². The van der Waals surface area contributed by atoms with Gasteiger partial charge in [0.15, 0.2) is 0 Å². The first kappa shape index (κ1) is 28.1. The molecule has 2 aliphatic heterocycles. The van der Waals surface area contributed by atoms with Gasteiger partial charge in [-0.25, -0.2) is 4.98 Å². The van der Waals surface area contributed by atoms with Crippen LogP contribution in [0.4, 0.5) is 10.1 Å². The van der Waals surface area contributed by atoms with Crippen molar-refractivity contribution in [1.29, 1.82) is 5.26 Å². The molecule has 0 N–H and O–H groups in total. The number of fused-ring (bicyclic) bond motifs is 3. The van der Waals surface area contributed by atoms with E-state index in [1.54, 1.807) is 18.2 Å². The van der Waals surface area contributed by atoms with Gasteiger partial charge >= 0.3 is 0 Å². The van der Waals surface area contributed by atoms with Gasteiger partial charge in [-0.1, -0.05) is 43.0 Å². The van der Waals surface area contributed by atoms with Crippen molar-refractivity contribution < 1.29 is 18.7 Å². The number of pyridine rings is 1. The van der Waals surface area contributed by atoms with Crippen LogP contribution < -0.4 is 9.64 Å². The second-order valence-electron chi connectivity index (χ2n) is 12.1. The van der Waals surface area contributed by atoms with Crippen LogP contribution in [0.15, 0.2) is 79.0 Å². The Kier molecular flexibility index (Phi) is 7.36. The number of anilines is 1. The lowest BCUT2D eigenvalue weighted by atomic mass is 9.64. The van der Waals surface area contributed by atoms with Crippen LogP contribution in [0.25, 0.3) is 11.1 Å². The number of ether oxygens (including phenoxy) is 2. The molecule has 6 nitrogen and oxygen atoms in total. The zero-order chi connectivity index (χ0) is 29.4. The average molecular weight is 566 g/mol. The molecule has 2 saturated carbocycles. The molecule has 4 aliphatic rings. The normalized spacial score (nSPS) is 23.5. The van der Waals surface area contributed by atoms with Crippen LogP contribution in [0.3, 0.4) is 0 Å². The molecule has 0 unspecified atom stereocenters. The maximum atomic E-state index is 13.7. The first-order valence-corrected chi connectivity index (χ1v) is 14.7. The Bertz CT molecular complexity index is 1500. The lowest BCUT2D eigenvalue weighted by Crippen LogP contribution is -2.54. The van der Waals surface area contributed by atoms with Gasteiger partial charge in [0, 0.05) is 47.5 Å². The second kappa shape index (κ2) is 11.0. The van der Waals surface area contributed by atoms with Crippen molar-refractivity contribution in [2.24, 2.45) is 5.41 Å². The third kappa shape index (κ3) is 5.09. The number of nitriles is 1. The summed E-state index contributed by atoms with van der Waals surface area (Å²) in [5.41, 5.74) is 4.26. The van der Waals surface area contributed by atoms with Gasteiger partial charge in [-0.15, -0.1) is 0 Å². The zero-order valence-electron chi connectivity index (χ0n) is 24.1. The largest absolute Gasteiger partial charge is 0.481 e. The van der Waals surface area contributed by atoms with Crippen LogP contribution in [0.1, 0.15) is 56.1 Å². The van der Waals surface area contributed by atoms with E-state index >= 15 is 0 Å². The summed E-state index contributed by atoms with van der Waals surface area (Å²) in [5, 5.41) is 9.58. The van der Waals surface area contributed by atoms with Crippen molar-refractivity contribution >= 4 is 11.6 Å². The quantitative estimate of drug-likeness (QED) is 0.246. The molecule has 2 saturated heterocycles. The third-order valence-electron chi connectivity index (χ3n) is 9.57. The standard InChI is InChI=1S/C35H36FN3O3/c1-25(12-19-36)32(40)39(30-5-3-4-26(20-30)27-6-11-31(41-2)38-21-27)23-33-13-17-35(18-14-33,42-24-33)29-9-7-28(8-10-29)34(22-37)15-16-34/h3-11,20-21H,1,12-19,23-24H2,2H3. The first-order chi connectivity index (χ1) is 20.3. The molecule has 1 aromatic heterocycles. The van der Waals surface area contributed by atoms with Crippen molar-refractivity contribution in [3.63, 3.8) is 0 Å². The van der Waals surface area contributed by atoms with Gasteiger partial charge in [-0.05, 0) is 73.4 Å². The predicted molar refractivity (Wildman–Crippen MR) is 160 cm³/mol. The fourth-order valence-electron chi connectivity index (χ4n) is 6.58. The lowest BCUT2D eigenvalue weighted by molar-refractivity contribution is -0.186. The molecule has 2 bridgehead atoms. The number of carbonyl (C=O) groups is 1. The Morgan fingerprint density at radius 2 is 1.79 bits per heavy atom. The molecule has 7 rings (SSSR count). The number of benzene rings is 2. The van der Waals surface area contributed by atoms with Crippen LogP contribution >= 0.6 is 0 Å². The molecule has 1 amide bonds. The number of hydrogen-bond acceptors (Lipinski definition) is 5. The Balaban J connectivity index is 1.23. The number of aromatic nitrogens is 1. The summed E-state index contributed by atoms with van der Waals surface area (Å²) in [6.07, 6.45) is 7.17. The van der Waals surface area contributed by atoms with Crippen LogP contribution in [0, 0.1) is 16.7 Å². The number of carbonyl (C=O) groups excluding carboxylic acids is 1. The Labute approximate surface area is 246 Å². The molecule has 2 aliphatic carbocycles. The van der Waals surface area contributed by atoms with Crippen molar-refractivity contribution in [1.82, 2.24) is 4.98 Å². The van der Waals surface area contributed by atoms with Crippen molar-refractivity contribution in [3.05, 3.63) is 90.1 Å². The van der Waals surface area contributed by atoms with Gasteiger partial charge < -0.3 is 14.4 Å². The molecular weight excluding hydrogens is 529 g/mol. The van der Waals surface area contributed by atoms with Gasteiger partial charge in [0.25, 0.3) is 5.91 Å². The smallest absolute Gasteiger partial charge is 0.253 e. The number of nitrogens with zero attached hydrogens (tertiary/aromatic N) is 3. The zero-order valence-corrected chi connectivity index (χ0v) is 24.1. The average Bonchev–Trinajstić information content (AvgIpc) is 3.86. The second-order valence-corrected chi connectivity index (χ2v) is 12.1. The van der Waals surface area contributed by atoms with E-state index in [1.807, 2.05) is 36.4 Å². The van der Waals surface area contributed by atoms with Gasteiger partial charge in [0.2, 0.25) is 5.88 Å². The maximum Gasteiger partial charge on any atom is 0.253 e. The highest BCUT2D eigenvalue weighted by Crippen LogP contribution is 2.55. The summed E-state index contributed by atoms with van der Waals surface area (Å²) in [6.45, 7) is 4.31. The molecule has 0 spiro atoms. The Hall–Kier alpha value is -4.02. The fourth-order valence-corrected chi connectivity index (χ4v) is 6.58. The number of methoxy groups -OCH3 is 1. The molecule has 3 aromatic rings. The van der Waals surface area contributed by atoms with Crippen molar-refractivity contribution in [2.45, 2.75) is 56.0 Å². The molecule has 0 radical (unpaired) electrons. The maximum absolute atomic E-state index is 13.7. The van der Waals surface area contributed by atoms with Crippen LogP contribution in [-0.2, 0) is 20.5 Å². The fraction of sp³-hybridized carbons (Fsp3) is 0.400. The van der Waals surface area contributed by atoms with Crippen LogP contribution in [0.2, 0.25) is 0 Å². The minimum atomic E-state index is -0.624. The number of alkyl halides is 1. The number of amides is 1. The van der Waals surface area contributed by atoms with Crippen LogP contribution in [0.5, 0.6) is 5.88 Å². The summed E-state index contributed by atoms with van der Waals surface area (Å²) in [6, 6.07) is 22.5. The topological polar surface area (TPSA) is 75.5 Å². The van der Waals surface area contributed by atoms with E-state index in [0.29, 0.717) is 19.0 Å². The summed E-state index contributed by atoms with van der Waals surface area (Å²) in [5.74, 6) is 0.278. The van der Waals surface area contributed by atoms with Gasteiger partial charge in [0.1, 0.15) is 0 Å². The lowest BCUT2D eigenvalue weighted by Gasteiger charge is -2.54. The SMILES string of the molecule is C=C(CCF)C(=O)N(CC12CCC(c3ccc(C4(C#N)CC4)cc3)(CC1)OC2)c1cccc(-c2ccc(OC)nc2)c1. The monoisotopic (exact) mass is 565 g/mol. The Morgan fingerprint density at radius 3 is 2.36 bits per heavy atom. The number of hydrogen-bond donors (Lipinski definition) is 0. The summed E-state index contributed by atoms with van der Waals surface area (Å²) in [7, 11) is 1.58. The van der Waals surface area contributed by atoms with E-state index in [2.05, 4.69) is 41.9 Å². The van der Waals surface area contributed by atoms with Gasteiger partial charge in [-0.2, -0.15) is 5.26 Å². The third-order valence-corrected chi connectivity index (χ3v) is 9.57. The molecule has 3 heterocycles. The summed E-state index contributed by atoms with van der Waals surface area (Å²) >= 11 is 0. The minimum absolute atomic E-state index is 0.00706. The highest BCUT2D eigenvalue weighted by Gasteiger charge is 2.52. The molecule has 2 aromatic carbocycles. The van der Waals surface area contributed by atoms with Crippen molar-refractivity contribution in [2.75, 3.05) is 31.8 Å². The molecular formula is C35H36FN3O3. The van der Waals surface area contributed by atoms with E-state index < -0.39 is 6.67 Å². The molecule has 7 heteroatoms. The van der Waals surface area contributed by atoms with E-state index in [9.17, 15) is 14.4 Å². The highest BCUT2D eigenvalue weighted by atomic mass is 19.1. The number of rotatable bonds is 10. The molecule has 0 atom stereocenters. The summed E-state index contributed by atoms with van der Waals surface area (Å²) < 4.78 is 25.1. The van der Waals surface area contributed by atoms with E-state index in [1.165, 1.54) is 5.56 Å². The first-order valence-electron chi connectivity index (χ1n) is 14.7. The molecule has 4 fully saturated rings. The van der Waals surface area contributed by atoms with Gasteiger partial charge in [-0.3, -0.25) is 9.18 Å². The highest BCUT2D eigenvalue weighted by molar-refractivity contribution is 6.05. The predicted octanol–water partition coefficient (Wildman–Crippen LogP) is 7.05. The molecule has 42 heavy (non-hydrogen) atoms. The Morgan fingerprint density at radius 1 is 1.05 bits per heavy atom. The minimum Gasteiger partial charge on any atom is -0.481 e. The van der Waals surface area contributed by atoms with E-state index in [0.717, 1.165) is 60.9 Å². The number of halogens is 1. The van der Waals surface area contributed by atoms with E-state index in [-0.39, 0.29) is 34.3 Å². The summed E-state index contributed by atoms with van der Waals surface area (Å²) in [4.78, 5) is 19.8. The molecule has 216 valence electrons. The van der Waals surface area contributed by atoms with Gasteiger partial charge in [0.05, 0.1) is 37.5 Å². The van der Waals surface area contributed by atoms with E-state index in [4.69, 9.17) is 9.47 Å².